The first-order chi connectivity index (χ1) is 25.8. The Morgan fingerprint density at radius 2 is 1.04 bits per heavy atom. The summed E-state index contributed by atoms with van der Waals surface area (Å²) in [6.45, 7) is 3.51. The molecule has 0 rings (SSSR count). The maximum atomic E-state index is 12.5. The van der Waals surface area contributed by atoms with E-state index in [-0.39, 0.29) is 32.6 Å². The summed E-state index contributed by atoms with van der Waals surface area (Å²) in [5.41, 5.74) is 5.33. The van der Waals surface area contributed by atoms with E-state index in [1.165, 1.54) is 64.2 Å². The zero-order valence-electron chi connectivity index (χ0n) is 33.2. The van der Waals surface area contributed by atoms with Gasteiger partial charge in [0.15, 0.2) is 6.10 Å². The predicted molar refractivity (Wildman–Crippen MR) is 219 cm³/mol. The van der Waals surface area contributed by atoms with E-state index < -0.39 is 32.5 Å². The highest BCUT2D eigenvalue weighted by molar-refractivity contribution is 7.47. The van der Waals surface area contributed by atoms with Gasteiger partial charge in [-0.3, -0.25) is 18.6 Å². The van der Waals surface area contributed by atoms with Crippen LogP contribution in [0, 0.1) is 0 Å². The van der Waals surface area contributed by atoms with Crippen LogP contribution in [-0.4, -0.2) is 49.3 Å². The van der Waals surface area contributed by atoms with Gasteiger partial charge in [-0.1, -0.05) is 164 Å². The molecule has 0 aromatic rings. The first-order valence-corrected chi connectivity index (χ1v) is 21.9. The summed E-state index contributed by atoms with van der Waals surface area (Å²) in [4.78, 5) is 34.7. The number of carbonyl (C=O) groups is 2. The van der Waals surface area contributed by atoms with Gasteiger partial charge in [-0.05, 0) is 51.4 Å². The minimum Gasteiger partial charge on any atom is -0.462 e. The van der Waals surface area contributed by atoms with Crippen LogP contribution in [0.5, 0.6) is 0 Å². The molecular formula is C43H74NO8P. The topological polar surface area (TPSA) is 134 Å². The molecule has 0 aliphatic carbocycles. The third-order valence-electron chi connectivity index (χ3n) is 8.12. The van der Waals surface area contributed by atoms with Crippen LogP contribution in [0.1, 0.15) is 155 Å². The molecule has 9 nitrogen and oxygen atoms in total. The molecule has 0 spiro atoms. The standard InChI is InChI=1S/C43H74NO8P/c1-3-5-7-9-11-13-15-17-18-19-20-21-22-24-26-28-30-32-34-36-43(46)52-41(40-51-53(47,48)50-38-37-44)39-49-42(45)35-33-31-29-27-25-23-16-14-12-10-8-6-4-2/h5,7,11,13,17-18,20-21,24,26,30,32,41H,3-4,6,8-10,12,14-16,19,22-23,25,27-29,31,33-40,44H2,1-2H3,(H,47,48)/b7-5-,13-11-,18-17-,21-20-,26-24-,32-30-/t41-/m1/s1. The Labute approximate surface area is 322 Å². The van der Waals surface area contributed by atoms with Crippen LogP contribution in [0.2, 0.25) is 0 Å². The predicted octanol–water partition coefficient (Wildman–Crippen LogP) is 11.5. The van der Waals surface area contributed by atoms with Crippen molar-refractivity contribution in [2.24, 2.45) is 5.73 Å². The molecule has 53 heavy (non-hydrogen) atoms. The molecule has 0 heterocycles. The quantitative estimate of drug-likeness (QED) is 0.0274. The molecule has 0 saturated heterocycles. The highest BCUT2D eigenvalue weighted by Gasteiger charge is 2.25. The van der Waals surface area contributed by atoms with Crippen LogP contribution >= 0.6 is 7.82 Å². The van der Waals surface area contributed by atoms with Gasteiger partial charge in [0.1, 0.15) is 6.61 Å². The van der Waals surface area contributed by atoms with Crippen molar-refractivity contribution in [3.05, 3.63) is 72.9 Å². The lowest BCUT2D eigenvalue weighted by atomic mass is 10.0. The van der Waals surface area contributed by atoms with Gasteiger partial charge in [0.25, 0.3) is 0 Å². The molecule has 0 aliphatic heterocycles. The van der Waals surface area contributed by atoms with Crippen LogP contribution < -0.4 is 5.73 Å². The zero-order chi connectivity index (χ0) is 38.9. The first-order valence-electron chi connectivity index (χ1n) is 20.4. The van der Waals surface area contributed by atoms with E-state index in [1.807, 2.05) is 12.2 Å². The minimum absolute atomic E-state index is 0.0394. The number of ether oxygens (including phenoxy) is 2. The molecule has 0 saturated carbocycles. The first kappa shape index (κ1) is 50.5. The highest BCUT2D eigenvalue weighted by atomic mass is 31.2. The molecule has 0 bridgehead atoms. The number of rotatable bonds is 37. The Kier molecular flexibility index (Phi) is 37.3. The Morgan fingerprint density at radius 1 is 0.585 bits per heavy atom. The van der Waals surface area contributed by atoms with Gasteiger partial charge in [-0.25, -0.2) is 4.57 Å². The fourth-order valence-electron chi connectivity index (χ4n) is 5.13. The average Bonchev–Trinajstić information content (AvgIpc) is 3.14. The summed E-state index contributed by atoms with van der Waals surface area (Å²) in [6, 6.07) is 0. The molecule has 10 heteroatoms. The number of carbonyl (C=O) groups excluding carboxylic acids is 2. The lowest BCUT2D eigenvalue weighted by molar-refractivity contribution is -0.161. The van der Waals surface area contributed by atoms with Crippen LogP contribution in [0.4, 0.5) is 0 Å². The van der Waals surface area contributed by atoms with Crippen molar-refractivity contribution < 1.29 is 37.6 Å². The Hall–Kier alpha value is -2.55. The van der Waals surface area contributed by atoms with E-state index in [9.17, 15) is 19.0 Å². The summed E-state index contributed by atoms with van der Waals surface area (Å²) in [5.74, 6) is -0.931. The second-order valence-corrected chi connectivity index (χ2v) is 14.6. The number of phosphoric ester groups is 1. The van der Waals surface area contributed by atoms with Crippen LogP contribution in [0.3, 0.4) is 0 Å². The molecule has 3 N–H and O–H groups in total. The van der Waals surface area contributed by atoms with Crippen molar-refractivity contribution in [3.8, 4) is 0 Å². The molecule has 0 aromatic heterocycles. The van der Waals surface area contributed by atoms with E-state index in [0.29, 0.717) is 6.42 Å². The van der Waals surface area contributed by atoms with E-state index in [1.54, 1.807) is 0 Å². The van der Waals surface area contributed by atoms with Gasteiger partial charge in [-0.2, -0.15) is 0 Å². The van der Waals surface area contributed by atoms with Crippen LogP contribution in [0.25, 0.3) is 0 Å². The minimum atomic E-state index is -4.40. The molecule has 1 unspecified atom stereocenters. The number of phosphoric acid groups is 1. The number of hydrogen-bond acceptors (Lipinski definition) is 8. The second kappa shape index (κ2) is 39.2. The van der Waals surface area contributed by atoms with E-state index in [4.69, 9.17) is 24.3 Å². The lowest BCUT2D eigenvalue weighted by Gasteiger charge is -2.19. The van der Waals surface area contributed by atoms with Crippen molar-refractivity contribution in [2.45, 2.75) is 161 Å². The largest absolute Gasteiger partial charge is 0.472 e. The summed E-state index contributed by atoms with van der Waals surface area (Å²) in [5, 5.41) is 0. The van der Waals surface area contributed by atoms with Crippen molar-refractivity contribution in [2.75, 3.05) is 26.4 Å². The van der Waals surface area contributed by atoms with Crippen molar-refractivity contribution in [3.63, 3.8) is 0 Å². The molecule has 0 radical (unpaired) electrons. The average molecular weight is 764 g/mol. The van der Waals surface area contributed by atoms with Crippen molar-refractivity contribution >= 4 is 19.8 Å². The summed E-state index contributed by atoms with van der Waals surface area (Å²) in [6.07, 6.45) is 46.6. The fraction of sp³-hybridized carbons (Fsp3) is 0.674. The second-order valence-electron chi connectivity index (χ2n) is 13.1. The molecule has 0 amide bonds. The Bertz CT molecular complexity index is 1100. The van der Waals surface area contributed by atoms with Gasteiger partial charge in [-0.15, -0.1) is 0 Å². The lowest BCUT2D eigenvalue weighted by Crippen LogP contribution is -2.29. The van der Waals surface area contributed by atoms with Crippen LogP contribution in [0.15, 0.2) is 72.9 Å². The van der Waals surface area contributed by atoms with Gasteiger partial charge in [0.2, 0.25) is 0 Å². The van der Waals surface area contributed by atoms with Gasteiger partial charge >= 0.3 is 19.8 Å². The van der Waals surface area contributed by atoms with E-state index in [2.05, 4.69) is 74.6 Å². The monoisotopic (exact) mass is 764 g/mol. The molecule has 304 valence electrons. The van der Waals surface area contributed by atoms with Crippen molar-refractivity contribution in [1.82, 2.24) is 0 Å². The molecular weight excluding hydrogens is 689 g/mol. The SMILES string of the molecule is CC/C=C\C/C=C\C/C=C\C/C=C\C/C=C\C/C=C\CCC(=O)O[C@H](COC(=O)CCCCCCCCCCCCCCC)COP(=O)(O)OCCN. The van der Waals surface area contributed by atoms with E-state index >= 15 is 0 Å². The van der Waals surface area contributed by atoms with Crippen LogP contribution in [-0.2, 0) is 32.7 Å². The summed E-state index contributed by atoms with van der Waals surface area (Å²) < 4.78 is 32.6. The Morgan fingerprint density at radius 3 is 1.51 bits per heavy atom. The molecule has 2 atom stereocenters. The number of nitrogens with two attached hydrogens (primary N) is 1. The third-order valence-corrected chi connectivity index (χ3v) is 9.10. The maximum Gasteiger partial charge on any atom is 0.472 e. The third kappa shape index (κ3) is 39.0. The maximum absolute atomic E-state index is 12.5. The van der Waals surface area contributed by atoms with Crippen molar-refractivity contribution in [1.29, 1.82) is 0 Å². The fourth-order valence-corrected chi connectivity index (χ4v) is 5.89. The number of unbranched alkanes of at least 4 members (excludes halogenated alkanes) is 12. The summed E-state index contributed by atoms with van der Waals surface area (Å²) in [7, 11) is -4.40. The number of hydrogen-bond donors (Lipinski definition) is 2. The summed E-state index contributed by atoms with van der Waals surface area (Å²) >= 11 is 0. The van der Waals surface area contributed by atoms with Gasteiger partial charge in [0, 0.05) is 19.4 Å². The number of esters is 2. The molecule has 0 fully saturated rings. The molecule has 0 aliphatic rings. The van der Waals surface area contributed by atoms with Gasteiger partial charge < -0.3 is 20.1 Å². The normalized spacial score (nSPS) is 14.1. The van der Waals surface area contributed by atoms with E-state index in [0.717, 1.165) is 57.8 Å². The highest BCUT2D eigenvalue weighted by Crippen LogP contribution is 2.43. The Balaban J connectivity index is 4.33. The zero-order valence-corrected chi connectivity index (χ0v) is 34.1. The molecule has 0 aromatic carbocycles. The number of allylic oxidation sites excluding steroid dienone is 12. The van der Waals surface area contributed by atoms with Gasteiger partial charge in [0.05, 0.1) is 13.2 Å². The smallest absolute Gasteiger partial charge is 0.462 e.